The van der Waals surface area contributed by atoms with Crippen LogP contribution in [0.1, 0.15) is 37.8 Å². The fraction of sp³-hybridized carbons (Fsp3) is 0.379. The molecule has 1 aliphatic rings. The molecule has 4 rings (SSSR count). The van der Waals surface area contributed by atoms with Crippen molar-refractivity contribution in [1.29, 1.82) is 0 Å². The maximum absolute atomic E-state index is 13.2. The molecule has 3 aromatic rings. The quantitative estimate of drug-likeness (QED) is 0.498. The number of amides is 1. The second-order valence-corrected chi connectivity index (χ2v) is 10.0. The van der Waals surface area contributed by atoms with Crippen LogP contribution in [0.3, 0.4) is 0 Å². The maximum Gasteiger partial charge on any atom is 0.236 e. The van der Waals surface area contributed by atoms with E-state index < -0.39 is 0 Å². The van der Waals surface area contributed by atoms with Crippen molar-refractivity contribution >= 4 is 5.91 Å². The highest BCUT2D eigenvalue weighted by Gasteiger charge is 2.23. The minimum absolute atomic E-state index is 0.00789. The molecule has 0 saturated heterocycles. The number of benzene rings is 2. The summed E-state index contributed by atoms with van der Waals surface area (Å²) in [6, 6.07) is 21.7. The van der Waals surface area contributed by atoms with E-state index in [0.29, 0.717) is 43.6 Å². The lowest BCUT2D eigenvalue weighted by molar-refractivity contribution is -0.131. The smallest absolute Gasteiger partial charge is 0.236 e. The number of carbonyl (C=O) groups excluding carboxylic acids is 1. The number of hydrogen-bond acceptors (Lipinski definition) is 5. The molecule has 0 atom stereocenters. The van der Waals surface area contributed by atoms with Gasteiger partial charge in [0, 0.05) is 31.9 Å². The Bertz CT molecular complexity index is 1120. The van der Waals surface area contributed by atoms with E-state index in [1.165, 1.54) is 0 Å². The molecule has 6 nitrogen and oxygen atoms in total. The lowest BCUT2D eigenvalue weighted by Crippen LogP contribution is -2.38. The molecular weight excluding hydrogens is 438 g/mol. The van der Waals surface area contributed by atoms with Gasteiger partial charge in [-0.2, -0.15) is 0 Å². The van der Waals surface area contributed by atoms with Crippen molar-refractivity contribution in [3.63, 3.8) is 0 Å². The van der Waals surface area contributed by atoms with Gasteiger partial charge in [-0.1, -0.05) is 62.4 Å². The predicted octanol–water partition coefficient (Wildman–Crippen LogP) is 5.53. The third-order valence-corrected chi connectivity index (χ3v) is 6.29. The summed E-state index contributed by atoms with van der Waals surface area (Å²) in [6.45, 7) is 7.33. The highest BCUT2D eigenvalue weighted by molar-refractivity contribution is 5.78. The van der Waals surface area contributed by atoms with Gasteiger partial charge in [0.25, 0.3) is 0 Å². The summed E-state index contributed by atoms with van der Waals surface area (Å²) >= 11 is 0. The fourth-order valence-electron chi connectivity index (χ4n) is 4.23. The largest absolute Gasteiger partial charge is 0.489 e. The average Bonchev–Trinajstić information content (AvgIpc) is 2.85. The third kappa shape index (κ3) is 7.06. The average molecular weight is 474 g/mol. The van der Waals surface area contributed by atoms with Gasteiger partial charge in [-0.25, -0.2) is 4.98 Å². The number of carbonyl (C=O) groups is 1. The Morgan fingerprint density at radius 3 is 2.57 bits per heavy atom. The minimum Gasteiger partial charge on any atom is -0.489 e. The molecule has 0 bridgehead atoms. The van der Waals surface area contributed by atoms with Crippen molar-refractivity contribution in [2.45, 2.75) is 39.8 Å². The second-order valence-electron chi connectivity index (χ2n) is 10.0. The number of pyridine rings is 1. The van der Waals surface area contributed by atoms with Crippen LogP contribution in [0, 0.1) is 5.41 Å². The van der Waals surface area contributed by atoms with E-state index >= 15 is 0 Å². The second kappa shape index (κ2) is 11.4. The summed E-state index contributed by atoms with van der Waals surface area (Å²) in [5.74, 6) is 1.99. The van der Waals surface area contributed by atoms with E-state index in [9.17, 15) is 4.79 Å². The molecule has 1 aromatic heterocycles. The van der Waals surface area contributed by atoms with Crippen molar-refractivity contribution in [3.8, 4) is 17.4 Å². The monoisotopic (exact) mass is 473 g/mol. The van der Waals surface area contributed by atoms with E-state index in [2.05, 4.69) is 23.7 Å². The molecule has 0 spiro atoms. The Morgan fingerprint density at radius 1 is 1.03 bits per heavy atom. The van der Waals surface area contributed by atoms with Crippen LogP contribution < -0.4 is 9.47 Å². The first-order chi connectivity index (χ1) is 16.9. The van der Waals surface area contributed by atoms with Crippen LogP contribution in [0.25, 0.3) is 0 Å². The van der Waals surface area contributed by atoms with Crippen LogP contribution in [-0.4, -0.2) is 47.4 Å². The van der Waals surface area contributed by atoms with Gasteiger partial charge >= 0.3 is 0 Å². The van der Waals surface area contributed by atoms with Gasteiger partial charge in [0.05, 0.1) is 13.2 Å². The number of rotatable bonds is 4. The summed E-state index contributed by atoms with van der Waals surface area (Å²) < 4.78 is 12.4. The number of hydrogen-bond donors (Lipinski definition) is 0. The van der Waals surface area contributed by atoms with Crippen LogP contribution in [0.4, 0.5) is 0 Å². The molecule has 2 aromatic carbocycles. The first kappa shape index (κ1) is 24.7. The Hall–Kier alpha value is -3.38. The van der Waals surface area contributed by atoms with Crippen LogP contribution in [0.2, 0.25) is 0 Å². The number of ether oxygens (including phenoxy) is 2. The molecule has 1 aliphatic heterocycles. The van der Waals surface area contributed by atoms with Crippen LogP contribution in [0.5, 0.6) is 17.4 Å². The van der Waals surface area contributed by atoms with Gasteiger partial charge in [-0.3, -0.25) is 9.69 Å². The molecule has 0 unspecified atom stereocenters. The van der Waals surface area contributed by atoms with Crippen LogP contribution in [-0.2, 0) is 17.9 Å². The number of nitrogens with zero attached hydrogens (tertiary/aromatic N) is 3. The summed E-state index contributed by atoms with van der Waals surface area (Å²) in [6.07, 6.45) is 3.68. The molecule has 2 heterocycles. The van der Waals surface area contributed by atoms with E-state index in [1.807, 2.05) is 73.8 Å². The molecule has 0 aliphatic carbocycles. The maximum atomic E-state index is 13.2. The molecule has 0 fully saturated rings. The normalized spacial score (nSPS) is 16.2. The zero-order valence-electron chi connectivity index (χ0n) is 20.9. The number of likely N-dealkylation sites (N-methyl/N-ethyl adjacent to an activating group) is 1. The van der Waals surface area contributed by atoms with Crippen molar-refractivity contribution in [3.05, 3.63) is 84.1 Å². The number of fused-ring (bicyclic) bond motifs is 2. The molecule has 35 heavy (non-hydrogen) atoms. The Labute approximate surface area is 208 Å². The molecule has 1 amide bonds. The Balaban J connectivity index is 1.55. The standard InChI is InChI=1S/C29H35N3O3/c1-29(2)16-10-18-32(21-27(33)31(3)19-23-11-5-4-6-12-23)20-24-13-9-17-30-28(24)35-26-15-8-7-14-25(26)34-22-29/h4-9,11-15,17H,10,16,18-22H2,1-3H3. The van der Waals surface area contributed by atoms with E-state index in [1.54, 1.807) is 11.1 Å². The lowest BCUT2D eigenvalue weighted by atomic mass is 9.88. The third-order valence-electron chi connectivity index (χ3n) is 6.29. The van der Waals surface area contributed by atoms with Crippen LogP contribution >= 0.6 is 0 Å². The van der Waals surface area contributed by atoms with Crippen molar-refractivity contribution in [2.24, 2.45) is 5.41 Å². The summed E-state index contributed by atoms with van der Waals surface area (Å²) in [7, 11) is 1.87. The minimum atomic E-state index is -0.00789. The van der Waals surface area contributed by atoms with Gasteiger partial charge in [0.2, 0.25) is 11.8 Å². The molecule has 184 valence electrons. The summed E-state index contributed by atoms with van der Waals surface area (Å²) in [5.41, 5.74) is 2.06. The molecule has 6 heteroatoms. The first-order valence-corrected chi connectivity index (χ1v) is 12.2. The summed E-state index contributed by atoms with van der Waals surface area (Å²) in [4.78, 5) is 21.7. The predicted molar refractivity (Wildman–Crippen MR) is 137 cm³/mol. The zero-order valence-corrected chi connectivity index (χ0v) is 20.9. The zero-order chi connectivity index (χ0) is 24.7. The first-order valence-electron chi connectivity index (χ1n) is 12.2. The SMILES string of the molecule is CN(Cc1ccccc1)C(=O)CN1CCCC(C)(C)COc2ccccc2Oc2ncccc2C1. The fourth-order valence-corrected chi connectivity index (χ4v) is 4.23. The molecule has 0 N–H and O–H groups in total. The van der Waals surface area contributed by atoms with E-state index in [-0.39, 0.29) is 11.3 Å². The Morgan fingerprint density at radius 2 is 1.77 bits per heavy atom. The van der Waals surface area contributed by atoms with Crippen molar-refractivity contribution < 1.29 is 14.3 Å². The van der Waals surface area contributed by atoms with Gasteiger partial charge in [-0.15, -0.1) is 0 Å². The molecule has 0 radical (unpaired) electrons. The topological polar surface area (TPSA) is 54.9 Å². The van der Waals surface area contributed by atoms with Crippen molar-refractivity contribution in [2.75, 3.05) is 26.7 Å². The van der Waals surface area contributed by atoms with Crippen LogP contribution in [0.15, 0.2) is 72.9 Å². The number of aromatic nitrogens is 1. The highest BCUT2D eigenvalue weighted by Crippen LogP contribution is 2.34. The lowest BCUT2D eigenvalue weighted by Gasteiger charge is -2.28. The summed E-state index contributed by atoms with van der Waals surface area (Å²) in [5, 5.41) is 0. The van der Waals surface area contributed by atoms with E-state index in [4.69, 9.17) is 9.47 Å². The highest BCUT2D eigenvalue weighted by atomic mass is 16.5. The van der Waals surface area contributed by atoms with Crippen molar-refractivity contribution in [1.82, 2.24) is 14.8 Å². The Kier molecular flexibility index (Phi) is 8.03. The van der Waals surface area contributed by atoms with Gasteiger partial charge < -0.3 is 14.4 Å². The van der Waals surface area contributed by atoms with Gasteiger partial charge in [0.15, 0.2) is 11.5 Å². The van der Waals surface area contributed by atoms with Gasteiger partial charge in [0.1, 0.15) is 0 Å². The van der Waals surface area contributed by atoms with E-state index in [0.717, 1.165) is 30.5 Å². The molecule has 0 saturated carbocycles. The van der Waals surface area contributed by atoms with Gasteiger partial charge in [-0.05, 0) is 48.6 Å². The number of para-hydroxylation sites is 2. The molecular formula is C29H35N3O3.